The first kappa shape index (κ1) is 17.2. The van der Waals surface area contributed by atoms with Crippen LogP contribution in [0.5, 0.6) is 0 Å². The van der Waals surface area contributed by atoms with Crippen LogP contribution in [0.25, 0.3) is 0 Å². The zero-order valence-corrected chi connectivity index (χ0v) is 15.1. The molecule has 0 aromatic carbocycles. The monoisotopic (exact) mass is 349 g/mol. The molecule has 3 heterocycles. The number of rotatable bonds is 7. The molecule has 3 aliphatic heterocycles. The van der Waals surface area contributed by atoms with Crippen molar-refractivity contribution in [2.45, 2.75) is 26.2 Å². The number of nitrogens with zero attached hydrogens (tertiary/aromatic N) is 3. The predicted molar refractivity (Wildman–Crippen MR) is 91.8 cm³/mol. The van der Waals surface area contributed by atoms with Crippen LogP contribution in [0.15, 0.2) is 23.2 Å². The Hall–Kier alpha value is -1.68. The number of hydrogen-bond donors (Lipinski definition) is 0. The number of carbonyl (C=O) groups excluding carboxylic acids is 2. The molecule has 0 N–H and O–H groups in total. The minimum atomic E-state index is 0.00546. The third-order valence-electron chi connectivity index (χ3n) is 4.34. The number of carbonyl (C=O) groups is 2. The van der Waals surface area contributed by atoms with E-state index in [4.69, 9.17) is 0 Å². The van der Waals surface area contributed by atoms with Crippen molar-refractivity contribution in [2.75, 3.05) is 45.4 Å². The van der Waals surface area contributed by atoms with Gasteiger partial charge in [-0.15, -0.1) is 0 Å². The van der Waals surface area contributed by atoms with E-state index >= 15 is 0 Å². The van der Waals surface area contributed by atoms with Crippen LogP contribution in [0.4, 0.5) is 0 Å². The standard InChI is InChI=1S/C12H13N3O2.C5H11OP/c16-9-7-8(13-1-2-13)12(17)11(15-5-6-15)10(9)14-3-4-14;1-2-3-4-5-7-6/h7H,1-6H2;2-5H2,1H3. The SMILES string of the molecule is CCCCCP=O.O=C1C=C(N2CC2)C(=O)C(N2CC2)=C1N1CC1. The molecule has 4 aliphatic rings. The second kappa shape index (κ2) is 7.47. The van der Waals surface area contributed by atoms with Crippen LogP contribution in [0.1, 0.15) is 26.2 Å². The van der Waals surface area contributed by atoms with Crippen molar-refractivity contribution in [2.24, 2.45) is 0 Å². The quantitative estimate of drug-likeness (QED) is 0.301. The van der Waals surface area contributed by atoms with Gasteiger partial charge < -0.3 is 14.7 Å². The topological polar surface area (TPSA) is 60.2 Å². The van der Waals surface area contributed by atoms with Crippen LogP contribution in [-0.2, 0) is 14.2 Å². The molecule has 0 saturated carbocycles. The lowest BCUT2D eigenvalue weighted by atomic mass is 10.0. The van der Waals surface area contributed by atoms with Crippen molar-refractivity contribution in [3.63, 3.8) is 0 Å². The van der Waals surface area contributed by atoms with E-state index in [0.29, 0.717) is 25.6 Å². The minimum absolute atomic E-state index is 0.00546. The summed E-state index contributed by atoms with van der Waals surface area (Å²) in [6.07, 6.45) is 5.91. The summed E-state index contributed by atoms with van der Waals surface area (Å²) in [4.78, 5) is 30.5. The van der Waals surface area contributed by atoms with E-state index < -0.39 is 0 Å². The van der Waals surface area contributed by atoms with Crippen molar-refractivity contribution >= 4 is 20.0 Å². The maximum Gasteiger partial charge on any atom is 0.227 e. The molecule has 0 radical (unpaired) electrons. The summed E-state index contributed by atoms with van der Waals surface area (Å²) in [5, 5.41) is 0. The number of Topliss-reactive ketones (excluding diaryl/α,β-unsaturated/α-hetero) is 1. The minimum Gasteiger partial charge on any atom is -0.365 e. The van der Waals surface area contributed by atoms with Gasteiger partial charge in [-0.2, -0.15) is 0 Å². The Morgan fingerprint density at radius 1 is 0.917 bits per heavy atom. The molecule has 0 spiro atoms. The molecular weight excluding hydrogens is 325 g/mol. The van der Waals surface area contributed by atoms with Crippen LogP contribution in [0, 0.1) is 0 Å². The average Bonchev–Trinajstić information content (AvgIpc) is 3.37. The van der Waals surface area contributed by atoms with Gasteiger partial charge in [-0.05, 0) is 6.42 Å². The lowest BCUT2D eigenvalue weighted by Gasteiger charge is -2.21. The van der Waals surface area contributed by atoms with Crippen molar-refractivity contribution in [1.82, 2.24) is 14.7 Å². The van der Waals surface area contributed by atoms with E-state index in [1.54, 1.807) is 0 Å². The molecule has 0 amide bonds. The van der Waals surface area contributed by atoms with E-state index in [0.717, 1.165) is 51.9 Å². The molecule has 0 unspecified atom stereocenters. The largest absolute Gasteiger partial charge is 0.365 e. The van der Waals surface area contributed by atoms with Crippen LogP contribution in [-0.4, -0.2) is 71.7 Å². The Bertz CT molecular complexity index is 602. The first-order valence-electron chi connectivity index (χ1n) is 8.76. The number of hydrogen-bond acceptors (Lipinski definition) is 6. The Morgan fingerprint density at radius 2 is 1.50 bits per heavy atom. The van der Waals surface area contributed by atoms with Crippen molar-refractivity contribution in [3.8, 4) is 0 Å². The predicted octanol–water partition coefficient (Wildman–Crippen LogP) is 1.65. The van der Waals surface area contributed by atoms with Gasteiger partial charge in [-0.3, -0.25) is 14.2 Å². The lowest BCUT2D eigenvalue weighted by molar-refractivity contribution is -0.117. The number of unbranched alkanes of at least 4 members (excludes halogenated alkanes) is 2. The molecule has 0 atom stereocenters. The van der Waals surface area contributed by atoms with E-state index in [9.17, 15) is 14.2 Å². The first-order valence-corrected chi connectivity index (χ1v) is 9.76. The van der Waals surface area contributed by atoms with Crippen molar-refractivity contribution in [1.29, 1.82) is 0 Å². The van der Waals surface area contributed by atoms with Crippen molar-refractivity contribution in [3.05, 3.63) is 23.2 Å². The van der Waals surface area contributed by atoms with Gasteiger partial charge in [-0.1, -0.05) is 19.8 Å². The summed E-state index contributed by atoms with van der Waals surface area (Å²) in [6.45, 7) is 7.55. The molecule has 4 rings (SSSR count). The number of allylic oxidation sites excluding steroid dienone is 1. The van der Waals surface area contributed by atoms with Crippen molar-refractivity contribution < 1.29 is 14.2 Å². The Labute approximate surface area is 144 Å². The van der Waals surface area contributed by atoms with E-state index in [2.05, 4.69) is 6.92 Å². The first-order chi connectivity index (χ1) is 11.7. The molecule has 1 aliphatic carbocycles. The lowest BCUT2D eigenvalue weighted by Crippen LogP contribution is -2.29. The fraction of sp³-hybridized carbons (Fsp3) is 0.647. The fourth-order valence-electron chi connectivity index (χ4n) is 2.70. The number of ketones is 2. The van der Waals surface area contributed by atoms with Crippen LogP contribution >= 0.6 is 8.46 Å². The van der Waals surface area contributed by atoms with Gasteiger partial charge in [-0.25, -0.2) is 0 Å². The Morgan fingerprint density at radius 3 is 2.00 bits per heavy atom. The molecule has 130 valence electrons. The van der Waals surface area contributed by atoms with Gasteiger partial charge in [0.15, 0.2) is 8.46 Å². The zero-order valence-electron chi connectivity index (χ0n) is 14.2. The van der Waals surface area contributed by atoms with Gasteiger partial charge in [0, 0.05) is 51.5 Å². The zero-order chi connectivity index (χ0) is 17.1. The van der Waals surface area contributed by atoms with E-state index in [1.165, 1.54) is 18.9 Å². The summed E-state index contributed by atoms with van der Waals surface area (Å²) in [7, 11) is 0.305. The van der Waals surface area contributed by atoms with Gasteiger partial charge in [0.1, 0.15) is 11.4 Å². The molecule has 0 aromatic rings. The normalized spacial score (nSPS) is 21.7. The van der Waals surface area contributed by atoms with Crippen LogP contribution < -0.4 is 0 Å². The molecule has 7 heteroatoms. The average molecular weight is 349 g/mol. The summed E-state index contributed by atoms with van der Waals surface area (Å²) < 4.78 is 9.78. The maximum absolute atomic E-state index is 12.4. The third-order valence-corrected chi connectivity index (χ3v) is 4.84. The molecule has 0 aromatic heterocycles. The van der Waals surface area contributed by atoms with Gasteiger partial charge in [0.25, 0.3) is 0 Å². The highest BCUT2D eigenvalue weighted by Gasteiger charge is 2.43. The van der Waals surface area contributed by atoms with Crippen LogP contribution in [0.2, 0.25) is 0 Å². The second-order valence-electron chi connectivity index (χ2n) is 6.44. The van der Waals surface area contributed by atoms with Crippen LogP contribution in [0.3, 0.4) is 0 Å². The summed E-state index contributed by atoms with van der Waals surface area (Å²) in [5.74, 6) is 0.0485. The molecule has 3 saturated heterocycles. The summed E-state index contributed by atoms with van der Waals surface area (Å²) >= 11 is 0. The smallest absolute Gasteiger partial charge is 0.227 e. The summed E-state index contributed by atoms with van der Waals surface area (Å²) in [5.41, 5.74) is 1.89. The molecule has 0 bridgehead atoms. The summed E-state index contributed by atoms with van der Waals surface area (Å²) in [6, 6.07) is 0. The van der Waals surface area contributed by atoms with Gasteiger partial charge >= 0.3 is 0 Å². The Kier molecular flexibility index (Phi) is 5.34. The highest BCUT2D eigenvalue weighted by atomic mass is 31.1. The van der Waals surface area contributed by atoms with E-state index in [-0.39, 0.29) is 11.6 Å². The molecule has 3 fully saturated rings. The molecular formula is C17H24N3O3P. The van der Waals surface area contributed by atoms with Gasteiger partial charge in [0.05, 0.1) is 5.70 Å². The van der Waals surface area contributed by atoms with Gasteiger partial charge in [0.2, 0.25) is 11.6 Å². The highest BCUT2D eigenvalue weighted by Crippen LogP contribution is 2.33. The molecule has 24 heavy (non-hydrogen) atoms. The van der Waals surface area contributed by atoms with E-state index in [1.807, 2.05) is 14.7 Å². The highest BCUT2D eigenvalue weighted by molar-refractivity contribution is 7.23. The maximum atomic E-state index is 12.4. The third kappa shape index (κ3) is 4.04. The fourth-order valence-corrected chi connectivity index (χ4v) is 3.05. The Balaban J connectivity index is 0.000000209. The second-order valence-corrected chi connectivity index (χ2v) is 7.15. The molecule has 6 nitrogen and oxygen atoms in total.